The lowest BCUT2D eigenvalue weighted by atomic mass is 10.5. The molecule has 0 spiro atoms. The lowest BCUT2D eigenvalue weighted by Crippen LogP contribution is -1.92. The highest BCUT2D eigenvalue weighted by molar-refractivity contribution is 9.28. The van der Waals surface area contributed by atoms with E-state index in [0.717, 1.165) is 3.39 Å². The normalized spacial score (nSPS) is 9.50. The number of esters is 1. The zero-order valence-corrected chi connectivity index (χ0v) is 8.48. The topological polar surface area (TPSA) is 26.3 Å². The summed E-state index contributed by atoms with van der Waals surface area (Å²) in [6.45, 7) is 0. The number of rotatable bonds is 2. The molecule has 0 aromatic carbocycles. The minimum atomic E-state index is -0.363. The monoisotopic (exact) mass is 268 g/mol. The number of hydrogen-bond donors (Lipinski definition) is 0. The van der Waals surface area contributed by atoms with Gasteiger partial charge in [-0.2, -0.15) is 0 Å². The summed E-state index contributed by atoms with van der Waals surface area (Å²) < 4.78 is 5.12. The van der Waals surface area contributed by atoms with Crippen LogP contribution in [-0.2, 0) is 9.53 Å². The van der Waals surface area contributed by atoms with E-state index < -0.39 is 0 Å². The molecule has 0 heterocycles. The first-order chi connectivity index (χ1) is 4.66. The average molecular weight is 270 g/mol. The van der Waals surface area contributed by atoms with E-state index in [1.165, 1.54) is 13.2 Å². The Bertz CT molecular complexity index is 169. The molecule has 0 unspecified atom stereocenters. The molecule has 0 fully saturated rings. The van der Waals surface area contributed by atoms with Gasteiger partial charge in [-0.15, -0.1) is 0 Å². The third-order valence-electron chi connectivity index (χ3n) is 0.656. The van der Waals surface area contributed by atoms with Gasteiger partial charge in [0.2, 0.25) is 0 Å². The fraction of sp³-hybridized carbons (Fsp3) is 0.167. The SMILES string of the molecule is COC(=O)/C=C/C=C(Br)Br. The number of carbonyl (C=O) groups excluding carboxylic acids is 1. The summed E-state index contributed by atoms with van der Waals surface area (Å²) in [6, 6.07) is 0. The number of halogens is 2. The highest BCUT2D eigenvalue weighted by atomic mass is 79.9. The van der Waals surface area contributed by atoms with Gasteiger partial charge in [-0.1, -0.05) is 6.08 Å². The predicted octanol–water partition coefficient (Wildman–Crippen LogP) is 2.35. The zero-order valence-electron chi connectivity index (χ0n) is 5.30. The van der Waals surface area contributed by atoms with Crippen LogP contribution in [0.25, 0.3) is 0 Å². The number of carbonyl (C=O) groups is 1. The minimum absolute atomic E-state index is 0.363. The van der Waals surface area contributed by atoms with Crippen molar-refractivity contribution in [1.82, 2.24) is 0 Å². The van der Waals surface area contributed by atoms with Crippen LogP contribution in [0.2, 0.25) is 0 Å². The molecule has 0 rings (SSSR count). The summed E-state index contributed by atoms with van der Waals surface area (Å²) in [4.78, 5) is 10.4. The van der Waals surface area contributed by atoms with Gasteiger partial charge in [-0.25, -0.2) is 4.79 Å². The lowest BCUT2D eigenvalue weighted by molar-refractivity contribution is -0.134. The second-order valence-corrected chi connectivity index (χ2v) is 4.11. The maximum absolute atomic E-state index is 10.4. The molecule has 10 heavy (non-hydrogen) atoms. The molecule has 0 aromatic heterocycles. The van der Waals surface area contributed by atoms with Crippen LogP contribution < -0.4 is 0 Å². The van der Waals surface area contributed by atoms with Crippen molar-refractivity contribution >= 4 is 37.8 Å². The van der Waals surface area contributed by atoms with Crippen molar-refractivity contribution in [1.29, 1.82) is 0 Å². The van der Waals surface area contributed by atoms with Gasteiger partial charge in [-0.3, -0.25) is 0 Å². The van der Waals surface area contributed by atoms with E-state index in [2.05, 4.69) is 36.6 Å². The number of methoxy groups -OCH3 is 1. The molecular weight excluding hydrogens is 264 g/mol. The van der Waals surface area contributed by atoms with Gasteiger partial charge in [0, 0.05) is 6.08 Å². The number of allylic oxidation sites excluding steroid dienone is 2. The third-order valence-corrected chi connectivity index (χ3v) is 1.18. The maximum Gasteiger partial charge on any atom is 0.330 e. The molecule has 0 bridgehead atoms. The summed E-state index contributed by atoms with van der Waals surface area (Å²) in [5.41, 5.74) is 0. The molecule has 0 aromatic rings. The summed E-state index contributed by atoms with van der Waals surface area (Å²) in [6.07, 6.45) is 4.57. The Morgan fingerprint density at radius 3 is 2.50 bits per heavy atom. The molecule has 0 radical (unpaired) electrons. The Morgan fingerprint density at radius 2 is 2.10 bits per heavy atom. The lowest BCUT2D eigenvalue weighted by Gasteiger charge is -1.86. The molecule has 2 nitrogen and oxygen atoms in total. The van der Waals surface area contributed by atoms with Crippen molar-refractivity contribution in [3.05, 3.63) is 21.6 Å². The summed E-state index contributed by atoms with van der Waals surface area (Å²) in [7, 11) is 1.33. The Balaban J connectivity index is 3.77. The molecule has 56 valence electrons. The van der Waals surface area contributed by atoms with Crippen molar-refractivity contribution < 1.29 is 9.53 Å². The van der Waals surface area contributed by atoms with Gasteiger partial charge >= 0.3 is 5.97 Å². The zero-order chi connectivity index (χ0) is 7.98. The van der Waals surface area contributed by atoms with Gasteiger partial charge in [0.25, 0.3) is 0 Å². The highest BCUT2D eigenvalue weighted by Gasteiger charge is 1.86. The van der Waals surface area contributed by atoms with Crippen molar-refractivity contribution in [3.63, 3.8) is 0 Å². The molecule has 0 saturated carbocycles. The molecule has 0 aliphatic rings. The van der Waals surface area contributed by atoms with Gasteiger partial charge in [0.05, 0.1) is 10.5 Å². The van der Waals surface area contributed by atoms with Crippen LogP contribution in [0.1, 0.15) is 0 Å². The van der Waals surface area contributed by atoms with Gasteiger partial charge in [0.15, 0.2) is 0 Å². The van der Waals surface area contributed by atoms with Gasteiger partial charge < -0.3 is 4.74 Å². The van der Waals surface area contributed by atoms with Crippen LogP contribution in [0.15, 0.2) is 21.6 Å². The van der Waals surface area contributed by atoms with E-state index in [1.54, 1.807) is 12.2 Å². The van der Waals surface area contributed by atoms with Crippen LogP contribution in [0.3, 0.4) is 0 Å². The van der Waals surface area contributed by atoms with Crippen molar-refractivity contribution in [2.75, 3.05) is 7.11 Å². The van der Waals surface area contributed by atoms with E-state index in [4.69, 9.17) is 0 Å². The number of ether oxygens (including phenoxy) is 1. The molecule has 4 heteroatoms. The van der Waals surface area contributed by atoms with Crippen LogP contribution in [0.5, 0.6) is 0 Å². The van der Waals surface area contributed by atoms with Gasteiger partial charge in [0.1, 0.15) is 0 Å². The highest BCUT2D eigenvalue weighted by Crippen LogP contribution is 2.11. The maximum atomic E-state index is 10.4. The molecule has 0 aliphatic carbocycles. The van der Waals surface area contributed by atoms with Crippen LogP contribution in [0.4, 0.5) is 0 Å². The first-order valence-corrected chi connectivity index (χ1v) is 4.02. The molecular formula is C6H6Br2O2. The Kier molecular flexibility index (Phi) is 5.63. The van der Waals surface area contributed by atoms with E-state index in [-0.39, 0.29) is 5.97 Å². The van der Waals surface area contributed by atoms with Crippen LogP contribution in [-0.4, -0.2) is 13.1 Å². The fourth-order valence-corrected chi connectivity index (χ4v) is 0.573. The standard InChI is InChI=1S/C6H6Br2O2/c1-10-6(9)4-2-3-5(7)8/h2-4H,1H3/b4-2+. The molecule has 0 amide bonds. The van der Waals surface area contributed by atoms with E-state index in [1.807, 2.05) is 0 Å². The second-order valence-electron chi connectivity index (χ2n) is 1.34. The van der Waals surface area contributed by atoms with Crippen LogP contribution >= 0.6 is 31.9 Å². The first-order valence-electron chi connectivity index (χ1n) is 2.44. The fourth-order valence-electron chi connectivity index (χ4n) is 0.267. The Labute approximate surface area is 76.2 Å². The van der Waals surface area contributed by atoms with Crippen molar-refractivity contribution in [3.8, 4) is 0 Å². The largest absolute Gasteiger partial charge is 0.466 e. The predicted molar refractivity (Wildman–Crippen MR) is 47.1 cm³/mol. The molecule has 0 saturated heterocycles. The quantitative estimate of drug-likeness (QED) is 0.437. The van der Waals surface area contributed by atoms with Crippen molar-refractivity contribution in [2.45, 2.75) is 0 Å². The van der Waals surface area contributed by atoms with Crippen molar-refractivity contribution in [2.24, 2.45) is 0 Å². The van der Waals surface area contributed by atoms with Crippen LogP contribution in [0, 0.1) is 0 Å². The van der Waals surface area contributed by atoms with E-state index in [0.29, 0.717) is 0 Å². The summed E-state index contributed by atoms with van der Waals surface area (Å²) in [5, 5.41) is 0. The second kappa shape index (κ2) is 5.68. The molecule has 0 atom stereocenters. The minimum Gasteiger partial charge on any atom is -0.466 e. The summed E-state index contributed by atoms with van der Waals surface area (Å²) in [5.74, 6) is -0.363. The summed E-state index contributed by atoms with van der Waals surface area (Å²) >= 11 is 6.24. The smallest absolute Gasteiger partial charge is 0.330 e. The first kappa shape index (κ1) is 9.91. The number of hydrogen-bond acceptors (Lipinski definition) is 2. The third kappa shape index (κ3) is 6.04. The van der Waals surface area contributed by atoms with E-state index >= 15 is 0 Å². The van der Waals surface area contributed by atoms with E-state index in [9.17, 15) is 4.79 Å². The molecule has 0 N–H and O–H groups in total. The van der Waals surface area contributed by atoms with Gasteiger partial charge in [-0.05, 0) is 37.9 Å². The average Bonchev–Trinajstić information content (AvgIpc) is 1.87. The molecule has 0 aliphatic heterocycles. The Hall–Kier alpha value is -0.0900. The Morgan fingerprint density at radius 1 is 1.50 bits per heavy atom.